The maximum atomic E-state index is 5.41. The molecule has 0 aromatic carbocycles. The average molecular weight is 299 g/mol. The van der Waals surface area contributed by atoms with Gasteiger partial charge in [-0.2, -0.15) is 0 Å². The van der Waals surface area contributed by atoms with Crippen LogP contribution in [0, 0.1) is 0 Å². The van der Waals surface area contributed by atoms with Crippen molar-refractivity contribution in [3.63, 3.8) is 0 Å². The highest BCUT2D eigenvalue weighted by atomic mass is 16.5. The van der Waals surface area contributed by atoms with Crippen molar-refractivity contribution in [3.05, 3.63) is 17.5 Å². The van der Waals surface area contributed by atoms with Gasteiger partial charge in [-0.1, -0.05) is 12.1 Å². The van der Waals surface area contributed by atoms with E-state index < -0.39 is 0 Å². The monoisotopic (exact) mass is 299 g/mol. The van der Waals surface area contributed by atoms with Crippen LogP contribution in [0.25, 0.3) is 0 Å². The first-order valence-electron chi connectivity index (χ1n) is 7.65. The van der Waals surface area contributed by atoms with Gasteiger partial charge in [-0.3, -0.25) is 4.90 Å². The predicted molar refractivity (Wildman–Crippen MR) is 82.1 cm³/mol. The molecule has 0 bridgehead atoms. The van der Waals surface area contributed by atoms with Crippen LogP contribution in [0.1, 0.15) is 31.2 Å². The highest BCUT2D eigenvalue weighted by Gasteiger charge is 2.10. The standard InChI is InChI=1S/C15H29N3O3/c1-4-6-16-12-14-11-15(21-17-14)13-18(8-10-20-3)7-5-9-19-2/h11,16H,4-10,12-13H2,1-3H3. The Morgan fingerprint density at radius 2 is 2.05 bits per heavy atom. The Bertz CT molecular complexity index is 358. The molecule has 0 atom stereocenters. The number of nitrogens with one attached hydrogen (secondary N) is 1. The molecule has 6 nitrogen and oxygen atoms in total. The lowest BCUT2D eigenvalue weighted by Gasteiger charge is -2.20. The van der Waals surface area contributed by atoms with Crippen LogP contribution >= 0.6 is 0 Å². The molecule has 0 saturated carbocycles. The SMILES string of the molecule is CCCNCc1cc(CN(CCCOC)CCOC)on1. The van der Waals surface area contributed by atoms with Gasteiger partial charge < -0.3 is 19.3 Å². The third kappa shape index (κ3) is 8.16. The summed E-state index contributed by atoms with van der Waals surface area (Å²) in [6.07, 6.45) is 2.12. The molecule has 21 heavy (non-hydrogen) atoms. The molecule has 1 N–H and O–H groups in total. The summed E-state index contributed by atoms with van der Waals surface area (Å²) in [5, 5.41) is 7.42. The molecule has 0 amide bonds. The van der Waals surface area contributed by atoms with E-state index in [4.69, 9.17) is 14.0 Å². The first-order chi connectivity index (χ1) is 10.3. The average Bonchev–Trinajstić information content (AvgIpc) is 2.92. The van der Waals surface area contributed by atoms with E-state index in [2.05, 4.69) is 22.3 Å². The van der Waals surface area contributed by atoms with Crippen LogP contribution in [0.15, 0.2) is 10.6 Å². The van der Waals surface area contributed by atoms with Gasteiger partial charge in [0, 0.05) is 46.5 Å². The van der Waals surface area contributed by atoms with Gasteiger partial charge in [0.25, 0.3) is 0 Å². The molecule has 0 aliphatic rings. The number of rotatable bonds is 13. The first-order valence-corrected chi connectivity index (χ1v) is 7.65. The van der Waals surface area contributed by atoms with Gasteiger partial charge in [0.05, 0.1) is 18.8 Å². The minimum atomic E-state index is 0.714. The first kappa shape index (κ1) is 18.1. The lowest BCUT2D eigenvalue weighted by Crippen LogP contribution is -2.28. The zero-order chi connectivity index (χ0) is 15.3. The second-order valence-electron chi connectivity index (χ2n) is 5.08. The van der Waals surface area contributed by atoms with Crippen molar-refractivity contribution in [2.45, 2.75) is 32.9 Å². The van der Waals surface area contributed by atoms with Gasteiger partial charge in [-0.05, 0) is 19.4 Å². The fraction of sp³-hybridized carbons (Fsp3) is 0.800. The van der Waals surface area contributed by atoms with Crippen molar-refractivity contribution < 1.29 is 14.0 Å². The number of nitrogens with zero attached hydrogens (tertiary/aromatic N) is 2. The van der Waals surface area contributed by atoms with Gasteiger partial charge in [0.1, 0.15) is 0 Å². The van der Waals surface area contributed by atoms with E-state index in [0.29, 0.717) is 6.61 Å². The minimum Gasteiger partial charge on any atom is -0.385 e. The number of ether oxygens (including phenoxy) is 2. The fourth-order valence-corrected chi connectivity index (χ4v) is 2.05. The number of aromatic nitrogens is 1. The lowest BCUT2D eigenvalue weighted by atomic mass is 10.3. The summed E-state index contributed by atoms with van der Waals surface area (Å²) in [6.45, 7) is 7.99. The second-order valence-corrected chi connectivity index (χ2v) is 5.08. The number of hydrogen-bond acceptors (Lipinski definition) is 6. The van der Waals surface area contributed by atoms with Crippen LogP contribution in [0.3, 0.4) is 0 Å². The van der Waals surface area contributed by atoms with Crippen LogP contribution in [0.5, 0.6) is 0 Å². The molecule has 1 aromatic rings. The summed E-state index contributed by atoms with van der Waals surface area (Å²) in [5.74, 6) is 0.900. The third-order valence-corrected chi connectivity index (χ3v) is 3.15. The van der Waals surface area contributed by atoms with E-state index in [-0.39, 0.29) is 0 Å². The van der Waals surface area contributed by atoms with Crippen molar-refractivity contribution in [1.82, 2.24) is 15.4 Å². The van der Waals surface area contributed by atoms with Crippen LogP contribution in [0.2, 0.25) is 0 Å². The van der Waals surface area contributed by atoms with E-state index in [9.17, 15) is 0 Å². The maximum Gasteiger partial charge on any atom is 0.151 e. The largest absolute Gasteiger partial charge is 0.385 e. The van der Waals surface area contributed by atoms with Crippen molar-refractivity contribution in [1.29, 1.82) is 0 Å². The normalized spacial score (nSPS) is 11.4. The third-order valence-electron chi connectivity index (χ3n) is 3.15. The van der Waals surface area contributed by atoms with E-state index in [0.717, 1.165) is 63.6 Å². The fourth-order valence-electron chi connectivity index (χ4n) is 2.05. The summed E-state index contributed by atoms with van der Waals surface area (Å²) >= 11 is 0. The van der Waals surface area contributed by atoms with Gasteiger partial charge >= 0.3 is 0 Å². The summed E-state index contributed by atoms with van der Waals surface area (Å²) in [7, 11) is 3.45. The summed E-state index contributed by atoms with van der Waals surface area (Å²) < 4.78 is 15.7. The zero-order valence-electron chi connectivity index (χ0n) is 13.6. The number of hydrogen-bond donors (Lipinski definition) is 1. The Labute approximate surface area is 127 Å². The van der Waals surface area contributed by atoms with E-state index >= 15 is 0 Å². The zero-order valence-corrected chi connectivity index (χ0v) is 13.6. The van der Waals surface area contributed by atoms with Crippen LogP contribution in [0.4, 0.5) is 0 Å². The highest BCUT2D eigenvalue weighted by Crippen LogP contribution is 2.08. The van der Waals surface area contributed by atoms with Crippen LogP contribution < -0.4 is 5.32 Å². The Kier molecular flexibility index (Phi) is 10.1. The molecule has 0 radical (unpaired) electrons. The molecule has 0 unspecified atom stereocenters. The van der Waals surface area contributed by atoms with Crippen molar-refractivity contribution in [2.75, 3.05) is 47.1 Å². The summed E-state index contributed by atoms with van der Waals surface area (Å²) in [5.41, 5.74) is 0.960. The quantitative estimate of drug-likeness (QED) is 0.559. The predicted octanol–water partition coefficient (Wildman–Crippen LogP) is 1.66. The van der Waals surface area contributed by atoms with Gasteiger partial charge in [0.15, 0.2) is 5.76 Å². The Morgan fingerprint density at radius 3 is 2.76 bits per heavy atom. The number of methoxy groups -OCH3 is 2. The molecule has 122 valence electrons. The molecule has 0 spiro atoms. The van der Waals surface area contributed by atoms with Crippen LogP contribution in [-0.2, 0) is 22.6 Å². The van der Waals surface area contributed by atoms with Gasteiger partial charge in [0.2, 0.25) is 0 Å². The molecular formula is C15H29N3O3. The summed E-state index contributed by atoms with van der Waals surface area (Å²) in [6, 6.07) is 2.03. The molecule has 0 aliphatic heterocycles. The van der Waals surface area contributed by atoms with Crippen molar-refractivity contribution >= 4 is 0 Å². The molecule has 6 heteroatoms. The van der Waals surface area contributed by atoms with Gasteiger partial charge in [-0.15, -0.1) is 0 Å². The van der Waals surface area contributed by atoms with Crippen molar-refractivity contribution in [3.8, 4) is 0 Å². The molecule has 0 saturated heterocycles. The smallest absolute Gasteiger partial charge is 0.151 e. The maximum absolute atomic E-state index is 5.41. The van der Waals surface area contributed by atoms with E-state index in [1.54, 1.807) is 14.2 Å². The molecule has 0 aliphatic carbocycles. The topological polar surface area (TPSA) is 59.8 Å². The molecule has 1 rings (SSSR count). The second kappa shape index (κ2) is 11.7. The molecule has 1 heterocycles. The van der Waals surface area contributed by atoms with E-state index in [1.165, 1.54) is 0 Å². The van der Waals surface area contributed by atoms with Gasteiger partial charge in [-0.25, -0.2) is 0 Å². The molecular weight excluding hydrogens is 270 g/mol. The molecule has 1 aromatic heterocycles. The summed E-state index contributed by atoms with van der Waals surface area (Å²) in [4.78, 5) is 2.30. The van der Waals surface area contributed by atoms with Crippen LogP contribution in [-0.4, -0.2) is 57.1 Å². The lowest BCUT2D eigenvalue weighted by molar-refractivity contribution is 0.123. The minimum absolute atomic E-state index is 0.714. The molecule has 0 fully saturated rings. The Balaban J connectivity index is 2.40. The highest BCUT2D eigenvalue weighted by molar-refractivity contribution is 5.05. The Morgan fingerprint density at radius 1 is 1.24 bits per heavy atom. The van der Waals surface area contributed by atoms with E-state index in [1.807, 2.05) is 6.07 Å². The van der Waals surface area contributed by atoms with Crippen molar-refractivity contribution in [2.24, 2.45) is 0 Å². The Hall–Kier alpha value is -0.950.